The monoisotopic (exact) mass is 383 g/mol. The molecule has 27 heavy (non-hydrogen) atoms. The van der Waals surface area contributed by atoms with Crippen LogP contribution >= 0.6 is 11.8 Å². The van der Waals surface area contributed by atoms with E-state index in [-0.39, 0.29) is 11.7 Å². The van der Waals surface area contributed by atoms with E-state index in [9.17, 15) is 4.79 Å². The first-order chi connectivity index (χ1) is 13.2. The van der Waals surface area contributed by atoms with Gasteiger partial charge in [0.05, 0.1) is 18.0 Å². The van der Waals surface area contributed by atoms with Crippen molar-refractivity contribution in [2.75, 3.05) is 11.1 Å². The molecule has 4 rings (SSSR count). The van der Waals surface area contributed by atoms with Crippen LogP contribution in [0, 0.1) is 0 Å². The minimum Gasteiger partial charge on any atom is -0.310 e. The van der Waals surface area contributed by atoms with E-state index < -0.39 is 0 Å². The van der Waals surface area contributed by atoms with Crippen molar-refractivity contribution in [3.8, 4) is 11.4 Å². The average molecular weight is 383 g/mol. The highest BCUT2D eigenvalue weighted by molar-refractivity contribution is 7.99. The van der Waals surface area contributed by atoms with Gasteiger partial charge >= 0.3 is 0 Å². The molecular weight excluding hydrogens is 362 g/mol. The Hall–Kier alpha value is -2.68. The maximum atomic E-state index is 12.4. The quantitative estimate of drug-likeness (QED) is 0.658. The van der Waals surface area contributed by atoms with Crippen molar-refractivity contribution in [3.63, 3.8) is 0 Å². The van der Waals surface area contributed by atoms with Crippen molar-refractivity contribution >= 4 is 23.5 Å². The van der Waals surface area contributed by atoms with E-state index in [2.05, 4.69) is 25.6 Å². The van der Waals surface area contributed by atoms with Gasteiger partial charge in [-0.05, 0) is 25.0 Å². The number of nitrogens with zero attached hydrogens (tertiary/aromatic N) is 6. The number of aromatic nitrogens is 6. The lowest BCUT2D eigenvalue weighted by Crippen LogP contribution is -2.19. The van der Waals surface area contributed by atoms with Gasteiger partial charge in [0.2, 0.25) is 5.91 Å². The molecule has 0 atom stereocenters. The molecule has 140 valence electrons. The maximum absolute atomic E-state index is 12.4. The van der Waals surface area contributed by atoms with Gasteiger partial charge in [-0.25, -0.2) is 4.68 Å². The molecule has 0 bridgehead atoms. The zero-order chi connectivity index (χ0) is 18.6. The topological polar surface area (TPSA) is 90.5 Å². The van der Waals surface area contributed by atoms with Crippen molar-refractivity contribution in [2.45, 2.75) is 36.9 Å². The number of nitrogens with one attached hydrogen (secondary N) is 1. The van der Waals surface area contributed by atoms with E-state index in [4.69, 9.17) is 0 Å². The van der Waals surface area contributed by atoms with Crippen LogP contribution in [0.15, 0.2) is 41.9 Å². The molecule has 3 aromatic heterocycles. The molecule has 1 aliphatic carbocycles. The Morgan fingerprint density at radius 1 is 1.26 bits per heavy atom. The molecule has 3 aromatic rings. The van der Waals surface area contributed by atoms with Gasteiger partial charge in [0.1, 0.15) is 5.82 Å². The summed E-state index contributed by atoms with van der Waals surface area (Å²) < 4.78 is 3.82. The fraction of sp³-hybridized carbons (Fsp3) is 0.389. The molecule has 3 heterocycles. The van der Waals surface area contributed by atoms with Crippen molar-refractivity contribution < 1.29 is 4.79 Å². The summed E-state index contributed by atoms with van der Waals surface area (Å²) in [5.74, 6) is 1.67. The van der Waals surface area contributed by atoms with E-state index in [1.54, 1.807) is 18.6 Å². The summed E-state index contributed by atoms with van der Waals surface area (Å²) in [7, 11) is 1.89. The Balaban J connectivity index is 1.38. The first-order valence-electron chi connectivity index (χ1n) is 8.98. The van der Waals surface area contributed by atoms with Gasteiger partial charge in [-0.2, -0.15) is 5.10 Å². The molecule has 1 fully saturated rings. The number of anilines is 1. The molecule has 0 unspecified atom stereocenters. The zero-order valence-electron chi connectivity index (χ0n) is 15.1. The summed E-state index contributed by atoms with van der Waals surface area (Å²) in [6.07, 6.45) is 9.89. The summed E-state index contributed by atoms with van der Waals surface area (Å²) in [4.78, 5) is 16.5. The molecule has 9 heteroatoms. The minimum absolute atomic E-state index is 0.0781. The van der Waals surface area contributed by atoms with Gasteiger partial charge in [-0.1, -0.05) is 24.6 Å². The third-order valence-corrected chi connectivity index (χ3v) is 5.72. The highest BCUT2D eigenvalue weighted by atomic mass is 32.2. The van der Waals surface area contributed by atoms with Gasteiger partial charge in [-0.15, -0.1) is 10.2 Å². The summed E-state index contributed by atoms with van der Waals surface area (Å²) in [6.45, 7) is 0. The Kier molecular flexibility index (Phi) is 5.19. The predicted octanol–water partition coefficient (Wildman–Crippen LogP) is 2.92. The van der Waals surface area contributed by atoms with Crippen LogP contribution in [0.5, 0.6) is 0 Å². The van der Waals surface area contributed by atoms with Gasteiger partial charge < -0.3 is 9.88 Å². The smallest absolute Gasteiger partial charge is 0.235 e. The second-order valence-corrected chi connectivity index (χ2v) is 7.49. The molecule has 0 spiro atoms. The third kappa shape index (κ3) is 3.87. The highest BCUT2D eigenvalue weighted by Crippen LogP contribution is 2.31. The Morgan fingerprint density at radius 2 is 2.11 bits per heavy atom. The lowest BCUT2D eigenvalue weighted by molar-refractivity contribution is -0.113. The van der Waals surface area contributed by atoms with Crippen molar-refractivity contribution in [1.29, 1.82) is 0 Å². The molecule has 8 nitrogen and oxygen atoms in total. The Morgan fingerprint density at radius 3 is 2.89 bits per heavy atom. The van der Waals surface area contributed by atoms with Crippen molar-refractivity contribution in [2.24, 2.45) is 7.05 Å². The largest absolute Gasteiger partial charge is 0.310 e. The second-order valence-electron chi connectivity index (χ2n) is 6.54. The van der Waals surface area contributed by atoms with Crippen LogP contribution in [0.1, 0.15) is 31.7 Å². The van der Waals surface area contributed by atoms with Gasteiger partial charge in [0.25, 0.3) is 0 Å². The normalized spacial score (nSPS) is 14.6. The maximum Gasteiger partial charge on any atom is 0.235 e. The van der Waals surface area contributed by atoms with Crippen LogP contribution in [0.25, 0.3) is 11.4 Å². The number of amides is 1. The third-order valence-electron chi connectivity index (χ3n) is 4.70. The number of thioether (sulfide) groups is 1. The van der Waals surface area contributed by atoms with E-state index >= 15 is 0 Å². The Labute approximate surface area is 161 Å². The summed E-state index contributed by atoms with van der Waals surface area (Å²) in [5.41, 5.74) is 0.893. The Bertz CT molecular complexity index is 915. The standard InChI is InChI=1S/C18H21N7OS/c1-24-17(13-5-4-9-19-11-13)22-23-18(24)27-12-16(26)21-15-8-10-20-25(15)14-6-2-3-7-14/h4-5,8-11,14H,2-3,6-7,12H2,1H3,(H,21,26). The minimum atomic E-state index is -0.0781. The number of pyridine rings is 1. The zero-order valence-corrected chi connectivity index (χ0v) is 15.9. The van der Waals surface area contributed by atoms with E-state index in [0.717, 1.165) is 30.0 Å². The van der Waals surface area contributed by atoms with Gasteiger partial charge in [0, 0.05) is 31.1 Å². The molecule has 1 N–H and O–H groups in total. The summed E-state index contributed by atoms with van der Waals surface area (Å²) in [5, 5.41) is 16.4. The number of hydrogen-bond acceptors (Lipinski definition) is 6. The fourth-order valence-electron chi connectivity index (χ4n) is 3.35. The average Bonchev–Trinajstić information content (AvgIpc) is 3.42. The fourth-order valence-corrected chi connectivity index (χ4v) is 4.06. The van der Waals surface area contributed by atoms with Crippen LogP contribution in [-0.2, 0) is 11.8 Å². The molecular formula is C18H21N7OS. The van der Waals surface area contributed by atoms with Crippen molar-refractivity contribution in [1.82, 2.24) is 29.5 Å². The molecule has 0 saturated heterocycles. The molecule has 1 aliphatic rings. The molecule has 0 aliphatic heterocycles. The van der Waals surface area contributed by atoms with Gasteiger partial charge in [0.15, 0.2) is 11.0 Å². The second kappa shape index (κ2) is 7.91. The van der Waals surface area contributed by atoms with Crippen LogP contribution in [-0.4, -0.2) is 41.2 Å². The van der Waals surface area contributed by atoms with E-state index in [1.807, 2.05) is 34.5 Å². The highest BCUT2D eigenvalue weighted by Gasteiger charge is 2.21. The van der Waals surface area contributed by atoms with Crippen LogP contribution in [0.2, 0.25) is 0 Å². The van der Waals surface area contributed by atoms with E-state index in [0.29, 0.717) is 11.2 Å². The van der Waals surface area contributed by atoms with Gasteiger partial charge in [-0.3, -0.25) is 9.78 Å². The summed E-state index contributed by atoms with van der Waals surface area (Å²) >= 11 is 1.36. The molecule has 0 radical (unpaired) electrons. The first kappa shape index (κ1) is 17.7. The summed E-state index contributed by atoms with van der Waals surface area (Å²) in [6, 6.07) is 6.04. The number of carbonyl (C=O) groups excluding carboxylic acids is 1. The first-order valence-corrected chi connectivity index (χ1v) is 9.97. The lowest BCUT2D eigenvalue weighted by Gasteiger charge is -2.14. The van der Waals surface area contributed by atoms with Crippen LogP contribution < -0.4 is 5.32 Å². The SMILES string of the molecule is Cn1c(SCC(=O)Nc2ccnn2C2CCCC2)nnc1-c1cccnc1. The van der Waals surface area contributed by atoms with Crippen LogP contribution in [0.3, 0.4) is 0 Å². The number of hydrogen-bond donors (Lipinski definition) is 1. The van der Waals surface area contributed by atoms with Crippen molar-refractivity contribution in [3.05, 3.63) is 36.8 Å². The lowest BCUT2D eigenvalue weighted by atomic mass is 10.2. The number of carbonyl (C=O) groups is 1. The van der Waals surface area contributed by atoms with Crippen LogP contribution in [0.4, 0.5) is 5.82 Å². The molecule has 0 aromatic carbocycles. The van der Waals surface area contributed by atoms with E-state index in [1.165, 1.54) is 24.6 Å². The number of rotatable bonds is 6. The molecule has 1 saturated carbocycles. The molecule has 1 amide bonds. The predicted molar refractivity (Wildman–Crippen MR) is 103 cm³/mol.